The SMILES string of the molecule is NOc1cc(C(F)(F)F)ccc1C1CC1. The summed E-state index contributed by atoms with van der Waals surface area (Å²) in [5.41, 5.74) is 0.0397. The number of hydrogen-bond donors (Lipinski definition) is 1. The Labute approximate surface area is 84.8 Å². The molecule has 2 nitrogen and oxygen atoms in total. The molecule has 2 rings (SSSR count). The van der Waals surface area contributed by atoms with Gasteiger partial charge >= 0.3 is 6.18 Å². The van der Waals surface area contributed by atoms with Crippen molar-refractivity contribution in [2.24, 2.45) is 5.90 Å². The quantitative estimate of drug-likeness (QED) is 0.773. The Hall–Kier alpha value is -1.23. The van der Waals surface area contributed by atoms with E-state index in [4.69, 9.17) is 5.90 Å². The molecule has 5 heteroatoms. The van der Waals surface area contributed by atoms with E-state index in [0.717, 1.165) is 30.5 Å². The Balaban J connectivity index is 2.38. The lowest BCUT2D eigenvalue weighted by Gasteiger charge is -2.11. The van der Waals surface area contributed by atoms with Gasteiger partial charge in [0.05, 0.1) is 5.56 Å². The van der Waals surface area contributed by atoms with Crippen molar-refractivity contribution in [3.63, 3.8) is 0 Å². The van der Waals surface area contributed by atoms with Crippen LogP contribution >= 0.6 is 0 Å². The molecular weight excluding hydrogens is 207 g/mol. The second kappa shape index (κ2) is 3.41. The van der Waals surface area contributed by atoms with Crippen LogP contribution in [0.3, 0.4) is 0 Å². The average Bonchev–Trinajstić information content (AvgIpc) is 2.98. The van der Waals surface area contributed by atoms with Gasteiger partial charge in [0, 0.05) is 0 Å². The van der Waals surface area contributed by atoms with Crippen LogP contribution in [0.4, 0.5) is 13.2 Å². The van der Waals surface area contributed by atoms with Gasteiger partial charge in [0.2, 0.25) is 0 Å². The van der Waals surface area contributed by atoms with Crippen molar-refractivity contribution in [2.45, 2.75) is 24.9 Å². The second-order valence-electron chi connectivity index (χ2n) is 3.64. The van der Waals surface area contributed by atoms with Crippen LogP contribution in [0.15, 0.2) is 18.2 Å². The fourth-order valence-electron chi connectivity index (χ4n) is 1.54. The minimum atomic E-state index is -4.35. The highest BCUT2D eigenvalue weighted by molar-refractivity contribution is 5.42. The molecular formula is C10H10F3NO. The Bertz CT molecular complexity index is 371. The highest BCUT2D eigenvalue weighted by Gasteiger charge is 2.33. The van der Waals surface area contributed by atoms with E-state index in [-0.39, 0.29) is 5.75 Å². The predicted octanol–water partition coefficient (Wildman–Crippen LogP) is 2.84. The summed E-state index contributed by atoms with van der Waals surface area (Å²) >= 11 is 0. The van der Waals surface area contributed by atoms with Gasteiger partial charge in [-0.3, -0.25) is 0 Å². The molecule has 0 radical (unpaired) electrons. The van der Waals surface area contributed by atoms with Gasteiger partial charge in [-0.2, -0.15) is 19.1 Å². The van der Waals surface area contributed by atoms with Crippen molar-refractivity contribution in [2.75, 3.05) is 0 Å². The summed E-state index contributed by atoms with van der Waals surface area (Å²) in [6.07, 6.45) is -2.38. The summed E-state index contributed by atoms with van der Waals surface area (Å²) in [4.78, 5) is 4.48. The van der Waals surface area contributed by atoms with Crippen molar-refractivity contribution in [1.29, 1.82) is 0 Å². The molecule has 0 atom stereocenters. The van der Waals surface area contributed by atoms with E-state index < -0.39 is 11.7 Å². The first-order valence-corrected chi connectivity index (χ1v) is 4.60. The van der Waals surface area contributed by atoms with Gasteiger partial charge in [-0.1, -0.05) is 6.07 Å². The summed E-state index contributed by atoms with van der Waals surface area (Å²) in [6.45, 7) is 0. The number of rotatable bonds is 2. The third kappa shape index (κ3) is 2.07. The van der Waals surface area contributed by atoms with Crippen LogP contribution in [0.1, 0.15) is 29.9 Å². The molecule has 1 aromatic rings. The number of halogens is 3. The molecule has 0 aliphatic heterocycles. The Morgan fingerprint density at radius 3 is 2.40 bits per heavy atom. The van der Waals surface area contributed by atoms with Crippen LogP contribution in [0.2, 0.25) is 0 Å². The van der Waals surface area contributed by atoms with Crippen LogP contribution in [-0.2, 0) is 6.18 Å². The highest BCUT2D eigenvalue weighted by atomic mass is 19.4. The van der Waals surface area contributed by atoms with Gasteiger partial charge < -0.3 is 4.84 Å². The minimum Gasteiger partial charge on any atom is -0.411 e. The first-order chi connectivity index (χ1) is 7.02. The molecule has 0 unspecified atom stereocenters. The van der Waals surface area contributed by atoms with E-state index in [1.807, 2.05) is 0 Å². The van der Waals surface area contributed by atoms with Gasteiger partial charge in [0.25, 0.3) is 0 Å². The lowest BCUT2D eigenvalue weighted by molar-refractivity contribution is -0.137. The predicted molar refractivity (Wildman–Crippen MR) is 48.2 cm³/mol. The maximum atomic E-state index is 12.4. The molecule has 2 N–H and O–H groups in total. The van der Waals surface area contributed by atoms with Gasteiger partial charge in [-0.25, -0.2) is 0 Å². The van der Waals surface area contributed by atoms with E-state index in [1.54, 1.807) is 0 Å². The third-order valence-corrected chi connectivity index (χ3v) is 2.49. The van der Waals surface area contributed by atoms with Crippen molar-refractivity contribution in [1.82, 2.24) is 0 Å². The van der Waals surface area contributed by atoms with Crippen LogP contribution in [0.5, 0.6) is 5.75 Å². The van der Waals surface area contributed by atoms with E-state index >= 15 is 0 Å². The summed E-state index contributed by atoms with van der Waals surface area (Å²) < 4.78 is 37.1. The fourth-order valence-corrected chi connectivity index (χ4v) is 1.54. The number of alkyl halides is 3. The summed E-state index contributed by atoms with van der Waals surface area (Å²) in [5.74, 6) is 5.40. The summed E-state index contributed by atoms with van der Waals surface area (Å²) in [6, 6.07) is 3.46. The smallest absolute Gasteiger partial charge is 0.411 e. The number of nitrogens with two attached hydrogens (primary N) is 1. The molecule has 15 heavy (non-hydrogen) atoms. The van der Waals surface area contributed by atoms with E-state index in [1.165, 1.54) is 6.07 Å². The maximum Gasteiger partial charge on any atom is 0.416 e. The van der Waals surface area contributed by atoms with Crippen molar-refractivity contribution in [3.8, 4) is 5.75 Å². The van der Waals surface area contributed by atoms with Crippen LogP contribution in [-0.4, -0.2) is 0 Å². The molecule has 0 aromatic heterocycles. The van der Waals surface area contributed by atoms with Gasteiger partial charge in [-0.15, -0.1) is 0 Å². The highest BCUT2D eigenvalue weighted by Crippen LogP contribution is 2.45. The van der Waals surface area contributed by atoms with Gasteiger partial charge in [0.15, 0.2) is 5.75 Å². The molecule has 0 spiro atoms. The molecule has 0 amide bonds. The maximum absolute atomic E-state index is 12.4. The van der Waals surface area contributed by atoms with E-state index in [0.29, 0.717) is 5.92 Å². The van der Waals surface area contributed by atoms with Crippen molar-refractivity contribution in [3.05, 3.63) is 29.3 Å². The molecule has 0 saturated heterocycles. The van der Waals surface area contributed by atoms with Gasteiger partial charge in [-0.05, 0) is 36.5 Å². The lowest BCUT2D eigenvalue weighted by atomic mass is 10.1. The standard InChI is InChI=1S/C10H10F3NO/c11-10(12,13)7-3-4-8(6-1-2-6)9(5-7)15-14/h3-6H,1-2,14H2. The number of benzene rings is 1. The normalized spacial score (nSPS) is 16.5. The monoisotopic (exact) mass is 217 g/mol. The molecule has 0 bridgehead atoms. The zero-order valence-electron chi connectivity index (χ0n) is 7.84. The van der Waals surface area contributed by atoms with E-state index in [9.17, 15) is 13.2 Å². The lowest BCUT2D eigenvalue weighted by Crippen LogP contribution is -2.09. The number of hydrogen-bond acceptors (Lipinski definition) is 2. The molecule has 1 fully saturated rings. The van der Waals surface area contributed by atoms with Crippen LogP contribution < -0.4 is 10.7 Å². The zero-order valence-corrected chi connectivity index (χ0v) is 7.84. The third-order valence-electron chi connectivity index (χ3n) is 2.49. The second-order valence-corrected chi connectivity index (χ2v) is 3.64. The average molecular weight is 217 g/mol. The van der Waals surface area contributed by atoms with Crippen LogP contribution in [0, 0.1) is 0 Å². The molecule has 0 heterocycles. The molecule has 1 saturated carbocycles. The molecule has 82 valence electrons. The Morgan fingerprint density at radius 2 is 1.93 bits per heavy atom. The zero-order chi connectivity index (χ0) is 11.1. The first kappa shape index (κ1) is 10.3. The molecule has 1 aromatic carbocycles. The largest absolute Gasteiger partial charge is 0.416 e. The van der Waals surface area contributed by atoms with Gasteiger partial charge in [0.1, 0.15) is 0 Å². The Morgan fingerprint density at radius 1 is 1.27 bits per heavy atom. The first-order valence-electron chi connectivity index (χ1n) is 4.60. The minimum absolute atomic E-state index is 0.132. The van der Waals surface area contributed by atoms with Crippen LogP contribution in [0.25, 0.3) is 0 Å². The van der Waals surface area contributed by atoms with E-state index in [2.05, 4.69) is 4.84 Å². The molecule has 1 aliphatic rings. The molecule has 1 aliphatic carbocycles. The summed E-state index contributed by atoms with van der Waals surface area (Å²) in [5, 5.41) is 0. The van der Waals surface area contributed by atoms with Crippen molar-refractivity contribution < 1.29 is 18.0 Å². The fraction of sp³-hybridized carbons (Fsp3) is 0.400. The Kier molecular flexibility index (Phi) is 2.34. The summed E-state index contributed by atoms with van der Waals surface area (Å²) in [7, 11) is 0. The van der Waals surface area contributed by atoms with Crippen molar-refractivity contribution >= 4 is 0 Å². The topological polar surface area (TPSA) is 35.2 Å².